The molecule has 0 aliphatic rings. The quantitative estimate of drug-likeness (QED) is 0.858. The Kier molecular flexibility index (Phi) is 4.37. The number of nitrogens with zero attached hydrogens (tertiary/aromatic N) is 1. The van der Waals surface area contributed by atoms with Crippen molar-refractivity contribution in [1.29, 1.82) is 0 Å². The number of benzene rings is 1. The lowest BCUT2D eigenvalue weighted by Crippen LogP contribution is -1.90. The highest BCUT2D eigenvalue weighted by atomic mass is 32.1. The van der Waals surface area contributed by atoms with Crippen molar-refractivity contribution in [2.24, 2.45) is 0 Å². The topological polar surface area (TPSA) is 68.7 Å². The summed E-state index contributed by atoms with van der Waals surface area (Å²) in [6.45, 7) is 0. The molecule has 0 unspecified atom stereocenters. The minimum absolute atomic E-state index is 0.595. The fourth-order valence-electron chi connectivity index (χ4n) is 1.62. The van der Waals surface area contributed by atoms with Gasteiger partial charge in [-0.15, -0.1) is 11.3 Å². The molecule has 2 aromatic rings. The Morgan fingerprint density at radius 1 is 1.35 bits per heavy atom. The van der Waals surface area contributed by atoms with Crippen molar-refractivity contribution in [2.45, 2.75) is 0 Å². The Balaban J connectivity index is 2.38. The second-order valence-corrected chi connectivity index (χ2v) is 4.67. The van der Waals surface area contributed by atoms with Crippen LogP contribution >= 0.6 is 11.3 Å². The van der Waals surface area contributed by atoms with Gasteiger partial charge in [0.1, 0.15) is 16.5 Å². The first-order valence-corrected chi connectivity index (χ1v) is 6.61. The number of carbonyl (C=O) groups is 1. The van der Waals surface area contributed by atoms with E-state index in [1.807, 2.05) is 12.1 Å². The van der Waals surface area contributed by atoms with E-state index in [4.69, 9.17) is 14.6 Å². The Morgan fingerprint density at radius 3 is 2.80 bits per heavy atom. The largest absolute Gasteiger partial charge is 0.497 e. The maximum atomic E-state index is 10.5. The predicted octanol–water partition coefficient (Wildman–Crippen LogP) is 2.93. The van der Waals surface area contributed by atoms with Crippen molar-refractivity contribution >= 4 is 23.4 Å². The minimum atomic E-state index is -1.00. The molecular weight excluding hydrogens is 278 g/mol. The van der Waals surface area contributed by atoms with E-state index in [0.717, 1.165) is 16.6 Å². The van der Waals surface area contributed by atoms with Gasteiger partial charge in [-0.3, -0.25) is 0 Å². The number of thiazole rings is 1. The van der Waals surface area contributed by atoms with Gasteiger partial charge in [-0.25, -0.2) is 9.78 Å². The van der Waals surface area contributed by atoms with Crippen LogP contribution in [0.2, 0.25) is 0 Å². The van der Waals surface area contributed by atoms with Crippen LogP contribution in [0.5, 0.6) is 11.5 Å². The second-order valence-electron chi connectivity index (χ2n) is 3.82. The van der Waals surface area contributed by atoms with E-state index in [-0.39, 0.29) is 0 Å². The van der Waals surface area contributed by atoms with Gasteiger partial charge in [-0.2, -0.15) is 0 Å². The third-order valence-electron chi connectivity index (χ3n) is 2.56. The third-order valence-corrected chi connectivity index (χ3v) is 3.45. The molecule has 0 aliphatic carbocycles. The number of rotatable bonds is 5. The van der Waals surface area contributed by atoms with Gasteiger partial charge >= 0.3 is 5.97 Å². The van der Waals surface area contributed by atoms with Gasteiger partial charge < -0.3 is 14.6 Å². The molecule has 0 fully saturated rings. The number of carboxylic acids is 1. The first-order valence-electron chi connectivity index (χ1n) is 5.73. The summed E-state index contributed by atoms with van der Waals surface area (Å²) in [5, 5.41) is 11.1. The lowest BCUT2D eigenvalue weighted by Gasteiger charge is -2.07. The van der Waals surface area contributed by atoms with Crippen molar-refractivity contribution in [2.75, 3.05) is 14.2 Å². The van der Waals surface area contributed by atoms with E-state index >= 15 is 0 Å². The van der Waals surface area contributed by atoms with Gasteiger partial charge in [0.2, 0.25) is 0 Å². The normalized spacial score (nSPS) is 10.7. The van der Waals surface area contributed by atoms with Crippen molar-refractivity contribution in [3.8, 4) is 22.1 Å². The number of ether oxygens (including phenoxy) is 2. The summed E-state index contributed by atoms with van der Waals surface area (Å²) in [6.07, 6.45) is 2.51. The molecule has 0 aliphatic heterocycles. The maximum Gasteiger partial charge on any atom is 0.328 e. The fraction of sp³-hybridized carbons (Fsp3) is 0.143. The number of aliphatic carboxylic acids is 1. The number of carboxylic acid groups (broad SMARTS) is 1. The molecule has 1 aromatic carbocycles. The van der Waals surface area contributed by atoms with Crippen molar-refractivity contribution in [3.63, 3.8) is 0 Å². The molecule has 0 radical (unpaired) electrons. The summed E-state index contributed by atoms with van der Waals surface area (Å²) in [7, 11) is 3.18. The summed E-state index contributed by atoms with van der Waals surface area (Å²) < 4.78 is 10.5. The molecule has 0 atom stereocenters. The van der Waals surface area contributed by atoms with Crippen LogP contribution in [0.3, 0.4) is 0 Å². The van der Waals surface area contributed by atoms with Crippen LogP contribution in [-0.4, -0.2) is 30.3 Å². The smallest absolute Gasteiger partial charge is 0.328 e. The Labute approximate surface area is 120 Å². The van der Waals surface area contributed by atoms with E-state index < -0.39 is 5.97 Å². The lowest BCUT2D eigenvalue weighted by atomic mass is 10.2. The van der Waals surface area contributed by atoms with Crippen molar-refractivity contribution in [1.82, 2.24) is 4.98 Å². The molecule has 1 aromatic heterocycles. The molecule has 0 saturated heterocycles. The second kappa shape index (κ2) is 6.21. The fourth-order valence-corrected chi connectivity index (χ4v) is 2.43. The van der Waals surface area contributed by atoms with Crippen LogP contribution in [0.15, 0.2) is 29.7 Å². The summed E-state index contributed by atoms with van der Waals surface area (Å²) in [5.74, 6) is 0.394. The number of methoxy groups -OCH3 is 2. The Hall–Kier alpha value is -2.34. The Bertz CT molecular complexity index is 648. The van der Waals surface area contributed by atoms with Gasteiger partial charge in [0.05, 0.1) is 25.5 Å². The molecular formula is C14H13NO4S. The lowest BCUT2D eigenvalue weighted by molar-refractivity contribution is -0.131. The van der Waals surface area contributed by atoms with Crippen LogP contribution in [0.25, 0.3) is 16.6 Å². The van der Waals surface area contributed by atoms with Gasteiger partial charge in [-0.1, -0.05) is 0 Å². The van der Waals surface area contributed by atoms with E-state index in [9.17, 15) is 4.79 Å². The summed E-state index contributed by atoms with van der Waals surface area (Å²) in [6, 6.07) is 5.45. The minimum Gasteiger partial charge on any atom is -0.497 e. The summed E-state index contributed by atoms with van der Waals surface area (Å²) in [4.78, 5) is 14.9. The molecule has 1 N–H and O–H groups in total. The molecule has 0 spiro atoms. The van der Waals surface area contributed by atoms with Gasteiger partial charge in [0.25, 0.3) is 0 Å². The monoisotopic (exact) mass is 291 g/mol. The standard InChI is InChI=1S/C14H13NO4S/c1-18-10-4-5-12(19-2)11(7-10)14-15-9(8-20-14)3-6-13(16)17/h3-8H,1-2H3,(H,16,17)/b6-3+. The van der Waals surface area contributed by atoms with Gasteiger partial charge in [0, 0.05) is 11.5 Å². The first-order chi connectivity index (χ1) is 9.63. The van der Waals surface area contributed by atoms with Crippen LogP contribution in [0.4, 0.5) is 0 Å². The zero-order valence-corrected chi connectivity index (χ0v) is 11.8. The maximum absolute atomic E-state index is 10.5. The van der Waals surface area contributed by atoms with Crippen LogP contribution in [0.1, 0.15) is 5.69 Å². The molecule has 1 heterocycles. The van der Waals surface area contributed by atoms with E-state index in [1.54, 1.807) is 25.7 Å². The highest BCUT2D eigenvalue weighted by Gasteiger charge is 2.11. The zero-order chi connectivity index (χ0) is 14.5. The number of aromatic nitrogens is 1. The average molecular weight is 291 g/mol. The highest BCUT2D eigenvalue weighted by molar-refractivity contribution is 7.13. The molecule has 0 saturated carbocycles. The molecule has 104 valence electrons. The molecule has 0 bridgehead atoms. The van der Waals surface area contributed by atoms with Crippen molar-refractivity contribution < 1.29 is 19.4 Å². The summed E-state index contributed by atoms with van der Waals surface area (Å²) in [5.41, 5.74) is 1.41. The van der Waals surface area contributed by atoms with Gasteiger partial charge in [0.15, 0.2) is 0 Å². The SMILES string of the molecule is COc1ccc(OC)c(-c2nc(/C=C/C(=O)O)cs2)c1. The van der Waals surface area contributed by atoms with Crippen molar-refractivity contribution in [3.05, 3.63) is 35.3 Å². The van der Waals surface area contributed by atoms with E-state index in [1.165, 1.54) is 17.4 Å². The predicted molar refractivity (Wildman–Crippen MR) is 77.3 cm³/mol. The molecule has 20 heavy (non-hydrogen) atoms. The van der Waals surface area contributed by atoms with Gasteiger partial charge in [-0.05, 0) is 24.3 Å². The van der Waals surface area contributed by atoms with E-state index in [2.05, 4.69) is 4.98 Å². The van der Waals surface area contributed by atoms with E-state index in [0.29, 0.717) is 17.2 Å². The molecule has 5 nitrogen and oxygen atoms in total. The molecule has 2 rings (SSSR count). The van der Waals surface area contributed by atoms with Crippen LogP contribution in [0, 0.1) is 0 Å². The third kappa shape index (κ3) is 3.16. The average Bonchev–Trinajstić information content (AvgIpc) is 2.93. The molecule has 0 amide bonds. The number of hydrogen-bond donors (Lipinski definition) is 1. The summed E-state index contributed by atoms with van der Waals surface area (Å²) >= 11 is 1.41. The zero-order valence-electron chi connectivity index (χ0n) is 11.0. The highest BCUT2D eigenvalue weighted by Crippen LogP contribution is 2.35. The molecule has 6 heteroatoms. The first kappa shape index (κ1) is 14.1. The van der Waals surface area contributed by atoms with Crippen LogP contribution < -0.4 is 9.47 Å². The Morgan fingerprint density at radius 2 is 2.15 bits per heavy atom. The number of hydrogen-bond acceptors (Lipinski definition) is 5. The van der Waals surface area contributed by atoms with Crippen LogP contribution in [-0.2, 0) is 4.79 Å².